The number of nitrogens with one attached hydrogen (secondary N) is 2. The summed E-state index contributed by atoms with van der Waals surface area (Å²) in [6.45, 7) is 5.09. The predicted molar refractivity (Wildman–Crippen MR) is 175 cm³/mol. The molecule has 2 amide bonds. The molecule has 0 spiro atoms. The van der Waals surface area contributed by atoms with Crippen molar-refractivity contribution in [2.75, 3.05) is 24.7 Å². The molecule has 0 heterocycles. The van der Waals surface area contributed by atoms with Gasteiger partial charge in [0, 0.05) is 21.6 Å². The van der Waals surface area contributed by atoms with Gasteiger partial charge in [0.1, 0.15) is 18.1 Å². The molecule has 5 aromatic rings. The molecule has 0 aliphatic heterocycles. The van der Waals surface area contributed by atoms with Crippen molar-refractivity contribution in [1.29, 1.82) is 0 Å². The Labute approximate surface area is 259 Å². The van der Waals surface area contributed by atoms with Crippen LogP contribution < -0.4 is 20.1 Å². The highest BCUT2D eigenvalue weighted by molar-refractivity contribution is 7.98. The highest BCUT2D eigenvalue weighted by Gasteiger charge is 2.22. The zero-order valence-corrected chi connectivity index (χ0v) is 25.0. The van der Waals surface area contributed by atoms with E-state index in [2.05, 4.69) is 17.2 Å². The molecule has 0 radical (unpaired) electrons. The van der Waals surface area contributed by atoms with Gasteiger partial charge in [0.25, 0.3) is 0 Å². The standard InChI is InChI=1S/C35H30N2O6S/c1-22(2)33(38)41-21-20-36-34(39)42-28-18-16-23-10-4-6-12-25(23)31(28)32-26-13-7-5-11-24(26)17-19-29(32)43-35(40)37-27-14-8-9-15-30(27)44-3/h4-19H,1,20-21H2,2-3H3,(H,36,39)(H,37,40). The largest absolute Gasteiger partial charge is 0.460 e. The molecule has 0 aromatic heterocycles. The van der Waals surface area contributed by atoms with E-state index in [1.165, 1.54) is 11.8 Å². The maximum absolute atomic E-state index is 13.3. The van der Waals surface area contributed by atoms with Crippen molar-refractivity contribution in [2.45, 2.75) is 11.8 Å². The van der Waals surface area contributed by atoms with Gasteiger partial charge in [-0.05, 0) is 59.0 Å². The van der Waals surface area contributed by atoms with Gasteiger partial charge in [-0.2, -0.15) is 0 Å². The lowest BCUT2D eigenvalue weighted by Gasteiger charge is -2.19. The summed E-state index contributed by atoms with van der Waals surface area (Å²) < 4.78 is 16.8. The van der Waals surface area contributed by atoms with Gasteiger partial charge in [-0.25, -0.2) is 14.4 Å². The summed E-state index contributed by atoms with van der Waals surface area (Å²) in [7, 11) is 0. The van der Waals surface area contributed by atoms with Crippen LogP contribution in [0.3, 0.4) is 0 Å². The zero-order chi connectivity index (χ0) is 31.1. The Morgan fingerprint density at radius 1 is 0.727 bits per heavy atom. The summed E-state index contributed by atoms with van der Waals surface area (Å²) in [5.74, 6) is 0.00654. The van der Waals surface area contributed by atoms with Crippen molar-refractivity contribution in [3.05, 3.63) is 109 Å². The summed E-state index contributed by atoms with van der Waals surface area (Å²) in [5.41, 5.74) is 2.07. The Balaban J connectivity index is 1.53. The van der Waals surface area contributed by atoms with Crippen LogP contribution in [0.2, 0.25) is 0 Å². The van der Waals surface area contributed by atoms with Crippen molar-refractivity contribution in [3.63, 3.8) is 0 Å². The smallest absolute Gasteiger partial charge is 0.417 e. The summed E-state index contributed by atoms with van der Waals surface area (Å²) in [4.78, 5) is 38.7. The van der Waals surface area contributed by atoms with Gasteiger partial charge >= 0.3 is 18.2 Å². The average molecular weight is 607 g/mol. The number of ether oxygens (including phenoxy) is 3. The first-order valence-electron chi connectivity index (χ1n) is 13.8. The second-order valence-electron chi connectivity index (χ2n) is 9.77. The molecule has 8 nitrogen and oxygen atoms in total. The molecule has 0 unspecified atom stereocenters. The fraction of sp³-hybridized carbons (Fsp3) is 0.114. The highest BCUT2D eigenvalue weighted by atomic mass is 32.2. The molecule has 9 heteroatoms. The normalized spacial score (nSPS) is 10.7. The number of carbonyl (C=O) groups excluding carboxylic acids is 3. The Hall–Kier alpha value is -5.28. The average Bonchev–Trinajstić information content (AvgIpc) is 3.03. The molecule has 5 aromatic carbocycles. The SMILES string of the molecule is C=C(C)C(=O)OCCNC(=O)Oc1ccc2ccccc2c1-c1c(OC(=O)Nc2ccccc2SC)ccc2ccccc12. The van der Waals surface area contributed by atoms with Crippen LogP contribution >= 0.6 is 11.8 Å². The maximum Gasteiger partial charge on any atom is 0.417 e. The van der Waals surface area contributed by atoms with E-state index in [-0.39, 0.29) is 30.2 Å². The van der Waals surface area contributed by atoms with Gasteiger partial charge in [0.05, 0.1) is 12.2 Å². The number of carbonyl (C=O) groups is 3. The summed E-state index contributed by atoms with van der Waals surface area (Å²) in [6.07, 6.45) is 0.537. The molecule has 0 aliphatic carbocycles. The lowest BCUT2D eigenvalue weighted by molar-refractivity contribution is -0.138. The van der Waals surface area contributed by atoms with Crippen LogP contribution in [-0.4, -0.2) is 37.6 Å². The number of hydrogen-bond donors (Lipinski definition) is 2. The van der Waals surface area contributed by atoms with E-state index in [1.54, 1.807) is 19.1 Å². The molecule has 0 saturated carbocycles. The number of fused-ring (bicyclic) bond motifs is 2. The van der Waals surface area contributed by atoms with Crippen LogP contribution in [-0.2, 0) is 9.53 Å². The Bertz CT molecular complexity index is 1890. The Morgan fingerprint density at radius 3 is 1.86 bits per heavy atom. The summed E-state index contributed by atoms with van der Waals surface area (Å²) >= 11 is 1.51. The highest BCUT2D eigenvalue weighted by Crippen LogP contribution is 2.45. The van der Waals surface area contributed by atoms with Crippen molar-refractivity contribution in [1.82, 2.24) is 5.32 Å². The van der Waals surface area contributed by atoms with E-state index in [0.717, 1.165) is 26.4 Å². The van der Waals surface area contributed by atoms with Crippen LogP contribution in [0.25, 0.3) is 32.7 Å². The molecule has 5 rings (SSSR count). The Kier molecular flexibility index (Phi) is 9.46. The topological polar surface area (TPSA) is 103 Å². The van der Waals surface area contributed by atoms with Crippen LogP contribution in [0.5, 0.6) is 11.5 Å². The number of thioether (sulfide) groups is 1. The summed E-state index contributed by atoms with van der Waals surface area (Å²) in [6, 6.07) is 30.0. The first-order chi connectivity index (χ1) is 21.4. The van der Waals surface area contributed by atoms with Crippen LogP contribution in [0.1, 0.15) is 6.92 Å². The second kappa shape index (κ2) is 13.8. The number of anilines is 1. The zero-order valence-electron chi connectivity index (χ0n) is 24.2. The minimum absolute atomic E-state index is 0.0402. The van der Waals surface area contributed by atoms with E-state index < -0.39 is 18.2 Å². The van der Waals surface area contributed by atoms with Gasteiger partial charge in [0.15, 0.2) is 0 Å². The monoisotopic (exact) mass is 606 g/mol. The summed E-state index contributed by atoms with van der Waals surface area (Å²) in [5, 5.41) is 8.86. The van der Waals surface area contributed by atoms with E-state index in [9.17, 15) is 14.4 Å². The minimum atomic E-state index is -0.734. The van der Waals surface area contributed by atoms with E-state index in [4.69, 9.17) is 14.2 Å². The predicted octanol–water partition coefficient (Wildman–Crippen LogP) is 8.20. The van der Waals surface area contributed by atoms with Gasteiger partial charge < -0.3 is 19.5 Å². The number of para-hydroxylation sites is 1. The molecular formula is C35H30N2O6S. The fourth-order valence-electron chi connectivity index (χ4n) is 4.73. The quantitative estimate of drug-likeness (QED) is 0.0754. The second-order valence-corrected chi connectivity index (χ2v) is 10.6. The van der Waals surface area contributed by atoms with Crippen molar-refractivity contribution >= 4 is 57.1 Å². The van der Waals surface area contributed by atoms with Gasteiger partial charge in [-0.1, -0.05) is 79.4 Å². The molecule has 2 N–H and O–H groups in total. The molecule has 0 aliphatic rings. The molecule has 0 atom stereocenters. The van der Waals surface area contributed by atoms with E-state index >= 15 is 0 Å². The third-order valence-corrected chi connectivity index (χ3v) is 7.53. The first kappa shape index (κ1) is 30.2. The number of esters is 1. The lowest BCUT2D eigenvalue weighted by atomic mass is 9.92. The number of benzene rings is 5. The minimum Gasteiger partial charge on any atom is -0.460 e. The molecule has 0 saturated heterocycles. The third kappa shape index (κ3) is 6.85. The Morgan fingerprint density at radius 2 is 1.27 bits per heavy atom. The molecular weight excluding hydrogens is 576 g/mol. The first-order valence-corrected chi connectivity index (χ1v) is 15.0. The molecule has 0 fully saturated rings. The van der Waals surface area contributed by atoms with Crippen molar-refractivity contribution < 1.29 is 28.6 Å². The molecule has 0 bridgehead atoms. The van der Waals surface area contributed by atoms with Crippen LogP contribution in [0.4, 0.5) is 15.3 Å². The van der Waals surface area contributed by atoms with Crippen molar-refractivity contribution in [3.8, 4) is 22.6 Å². The lowest BCUT2D eigenvalue weighted by Crippen LogP contribution is -2.30. The van der Waals surface area contributed by atoms with Crippen LogP contribution in [0.15, 0.2) is 114 Å². The van der Waals surface area contributed by atoms with E-state index in [0.29, 0.717) is 16.8 Å². The maximum atomic E-state index is 13.3. The van der Waals surface area contributed by atoms with Gasteiger partial charge in [-0.15, -0.1) is 11.8 Å². The molecule has 44 heavy (non-hydrogen) atoms. The van der Waals surface area contributed by atoms with Gasteiger partial charge in [0.2, 0.25) is 0 Å². The van der Waals surface area contributed by atoms with E-state index in [1.807, 2.05) is 91.2 Å². The van der Waals surface area contributed by atoms with Crippen molar-refractivity contribution in [2.24, 2.45) is 0 Å². The van der Waals surface area contributed by atoms with Gasteiger partial charge in [-0.3, -0.25) is 5.32 Å². The number of hydrogen-bond acceptors (Lipinski definition) is 7. The van der Waals surface area contributed by atoms with Crippen LogP contribution in [0, 0.1) is 0 Å². The molecule has 222 valence electrons. The number of rotatable bonds is 9. The third-order valence-electron chi connectivity index (χ3n) is 6.73. The fourth-order valence-corrected chi connectivity index (χ4v) is 5.28. The number of amides is 2.